The highest BCUT2D eigenvalue weighted by Gasteiger charge is 2.53. The van der Waals surface area contributed by atoms with Crippen LogP contribution in [0.3, 0.4) is 0 Å². The Morgan fingerprint density at radius 3 is 2.09 bits per heavy atom. The molecular formula is C30H29N2OS+. The van der Waals surface area contributed by atoms with Crippen molar-refractivity contribution in [1.82, 2.24) is 0 Å². The van der Waals surface area contributed by atoms with Crippen LogP contribution in [0.2, 0.25) is 0 Å². The van der Waals surface area contributed by atoms with Crippen molar-refractivity contribution in [2.75, 3.05) is 5.73 Å². The van der Waals surface area contributed by atoms with E-state index in [0.717, 1.165) is 49.5 Å². The molecule has 4 fully saturated rings. The molecule has 3 nitrogen and oxygen atoms in total. The first-order valence-electron chi connectivity index (χ1n) is 12.5. The monoisotopic (exact) mass is 465 g/mol. The number of ketones is 1. The van der Waals surface area contributed by atoms with Crippen LogP contribution in [-0.4, -0.2) is 5.78 Å². The molecule has 0 atom stereocenters. The van der Waals surface area contributed by atoms with Crippen molar-refractivity contribution in [3.63, 3.8) is 0 Å². The van der Waals surface area contributed by atoms with E-state index in [4.69, 9.17) is 5.73 Å². The molecule has 0 aliphatic heterocycles. The molecule has 34 heavy (non-hydrogen) atoms. The van der Waals surface area contributed by atoms with Crippen molar-refractivity contribution in [2.45, 2.75) is 43.9 Å². The largest absolute Gasteiger partial charge is 0.289 e. The Kier molecular flexibility index (Phi) is 4.51. The molecule has 4 aromatic rings. The molecule has 2 aromatic heterocycles. The second kappa shape index (κ2) is 7.51. The smallest absolute Gasteiger partial charge is 0.271 e. The number of carbonyl (C=O) groups excluding carboxylic acids is 1. The molecule has 0 amide bonds. The Morgan fingerprint density at radius 1 is 0.882 bits per heavy atom. The minimum absolute atomic E-state index is 0.106. The van der Waals surface area contributed by atoms with Crippen LogP contribution in [0.5, 0.6) is 0 Å². The van der Waals surface area contributed by atoms with E-state index in [9.17, 15) is 4.79 Å². The van der Waals surface area contributed by atoms with Gasteiger partial charge in [0.05, 0.1) is 10.4 Å². The van der Waals surface area contributed by atoms with Gasteiger partial charge in [-0.25, -0.2) is 4.98 Å². The van der Waals surface area contributed by atoms with Crippen molar-refractivity contribution < 1.29 is 9.78 Å². The molecule has 4 saturated carbocycles. The van der Waals surface area contributed by atoms with E-state index in [1.807, 2.05) is 36.4 Å². The van der Waals surface area contributed by atoms with Crippen LogP contribution in [0.25, 0.3) is 20.7 Å². The lowest BCUT2D eigenvalue weighted by Gasteiger charge is -2.57. The maximum Gasteiger partial charge on any atom is 0.271 e. The van der Waals surface area contributed by atoms with Gasteiger partial charge in [-0.1, -0.05) is 72.0 Å². The number of hydrogen-bond donors (Lipinski definition) is 1. The molecule has 4 heteroatoms. The number of pyridine rings is 1. The highest BCUT2D eigenvalue weighted by molar-refractivity contribution is 7.22. The molecule has 0 unspecified atom stereocenters. The number of aromatic nitrogens is 1. The number of nitrogens with one attached hydrogen (secondary N) is 1. The first-order valence-corrected chi connectivity index (χ1v) is 13.4. The average Bonchev–Trinajstić information content (AvgIpc) is 3.22. The number of carbonyl (C=O) groups is 1. The number of nitrogens with two attached hydrogens (primary N) is 1. The fourth-order valence-corrected chi connectivity index (χ4v) is 9.01. The van der Waals surface area contributed by atoms with Crippen molar-refractivity contribution in [3.8, 4) is 10.4 Å². The van der Waals surface area contributed by atoms with E-state index in [1.54, 1.807) is 11.3 Å². The third-order valence-corrected chi connectivity index (χ3v) is 9.80. The molecular weight excluding hydrogens is 436 g/mol. The summed E-state index contributed by atoms with van der Waals surface area (Å²) < 4.78 is 0. The summed E-state index contributed by atoms with van der Waals surface area (Å²) >= 11 is 1.68. The summed E-state index contributed by atoms with van der Waals surface area (Å²) in [6.07, 6.45) is 7.91. The molecule has 3 N–H and O–H groups in total. The number of anilines is 1. The van der Waals surface area contributed by atoms with Gasteiger partial charge in [0, 0.05) is 17.0 Å². The summed E-state index contributed by atoms with van der Waals surface area (Å²) in [7, 11) is 0. The van der Waals surface area contributed by atoms with Gasteiger partial charge in [-0.3, -0.25) is 10.5 Å². The Labute approximate surface area is 204 Å². The fourth-order valence-electron chi connectivity index (χ4n) is 7.77. The van der Waals surface area contributed by atoms with Gasteiger partial charge in [0.1, 0.15) is 0 Å². The van der Waals surface area contributed by atoms with Gasteiger partial charge in [0.2, 0.25) is 0 Å². The van der Waals surface area contributed by atoms with Crippen LogP contribution in [0.4, 0.5) is 5.82 Å². The third-order valence-electron chi connectivity index (χ3n) is 8.64. The lowest BCUT2D eigenvalue weighted by atomic mass is 9.48. The zero-order chi connectivity index (χ0) is 22.9. The van der Waals surface area contributed by atoms with Crippen molar-refractivity contribution in [1.29, 1.82) is 0 Å². The van der Waals surface area contributed by atoms with Crippen LogP contribution < -0.4 is 10.7 Å². The van der Waals surface area contributed by atoms with Gasteiger partial charge in [0.25, 0.3) is 5.82 Å². The van der Waals surface area contributed by atoms with Crippen molar-refractivity contribution in [3.05, 3.63) is 83.4 Å². The predicted molar refractivity (Wildman–Crippen MR) is 138 cm³/mol. The lowest BCUT2D eigenvalue weighted by Crippen LogP contribution is -2.48. The van der Waals surface area contributed by atoms with Gasteiger partial charge >= 0.3 is 0 Å². The zero-order valence-corrected chi connectivity index (χ0v) is 20.0. The molecule has 4 bridgehead atoms. The van der Waals surface area contributed by atoms with E-state index < -0.39 is 0 Å². The number of benzene rings is 2. The third kappa shape index (κ3) is 3.08. The number of thiophene rings is 1. The summed E-state index contributed by atoms with van der Waals surface area (Å²) in [5.41, 5.74) is 10.7. The lowest BCUT2D eigenvalue weighted by molar-refractivity contribution is -0.323. The van der Waals surface area contributed by atoms with E-state index in [0.29, 0.717) is 5.82 Å². The van der Waals surface area contributed by atoms with Crippen LogP contribution in [0.1, 0.15) is 60.0 Å². The Hall–Kier alpha value is -2.98. The normalized spacial score (nSPS) is 27.4. The zero-order valence-electron chi connectivity index (χ0n) is 19.2. The number of nitrogen functional groups attached to an aromatic ring is 1. The number of hydrogen-bond acceptors (Lipinski definition) is 3. The molecule has 8 rings (SSSR count). The van der Waals surface area contributed by atoms with E-state index in [2.05, 4.69) is 35.3 Å². The van der Waals surface area contributed by atoms with Gasteiger partial charge in [0.15, 0.2) is 10.6 Å². The second-order valence-electron chi connectivity index (χ2n) is 10.9. The summed E-state index contributed by atoms with van der Waals surface area (Å²) in [5.74, 6) is 3.29. The Bertz CT molecular complexity index is 1370. The Morgan fingerprint density at radius 2 is 1.47 bits per heavy atom. The van der Waals surface area contributed by atoms with Gasteiger partial charge in [-0.15, -0.1) is 0 Å². The van der Waals surface area contributed by atoms with Gasteiger partial charge in [-0.05, 0) is 72.8 Å². The molecule has 170 valence electrons. The quantitative estimate of drug-likeness (QED) is 0.343. The topological polar surface area (TPSA) is 57.2 Å². The molecule has 0 spiro atoms. The number of rotatable bonds is 4. The van der Waals surface area contributed by atoms with E-state index >= 15 is 0 Å². The predicted octanol–water partition coefficient (Wildman–Crippen LogP) is 6.66. The average molecular weight is 466 g/mol. The summed E-state index contributed by atoms with van der Waals surface area (Å²) in [6.45, 7) is 0. The molecule has 4 aliphatic rings. The summed E-state index contributed by atoms with van der Waals surface area (Å²) in [4.78, 5) is 19.7. The minimum atomic E-state index is 0.106. The molecule has 0 radical (unpaired) electrons. The van der Waals surface area contributed by atoms with Crippen LogP contribution in [-0.2, 0) is 5.41 Å². The van der Waals surface area contributed by atoms with Gasteiger partial charge < -0.3 is 0 Å². The number of aromatic amines is 1. The highest BCUT2D eigenvalue weighted by Crippen LogP contribution is 2.62. The van der Waals surface area contributed by atoms with Crippen LogP contribution in [0, 0.1) is 17.8 Å². The molecule has 2 aromatic carbocycles. The maximum atomic E-state index is 14.1. The van der Waals surface area contributed by atoms with Crippen molar-refractivity contribution >= 4 is 33.2 Å². The van der Waals surface area contributed by atoms with Crippen molar-refractivity contribution in [2.24, 2.45) is 17.8 Å². The standard InChI is InChI=1S/C30H28N2OS/c31-24-14-23(30-15-18-11-19(16-30)13-20(12-18)17-30)25-26(27(33)21-7-3-1-4-8-21)28(34-29(25)32-24)22-9-5-2-6-10-22/h1-10,14,18-20H,11-13,15-17H2,(H2,31,32)/p+1. The second-order valence-corrected chi connectivity index (χ2v) is 11.9. The van der Waals surface area contributed by atoms with E-state index in [-0.39, 0.29) is 11.2 Å². The maximum absolute atomic E-state index is 14.1. The molecule has 0 saturated heterocycles. The SMILES string of the molecule is Nc1cc(C23CC4CC(CC(C4)C2)C3)c2c(C(=O)c3ccccc3)c(-c3ccccc3)sc2[nH+]1. The minimum Gasteiger partial charge on any atom is -0.289 e. The number of fused-ring (bicyclic) bond motifs is 1. The van der Waals surface area contributed by atoms with E-state index in [1.165, 1.54) is 44.1 Å². The molecule has 2 heterocycles. The van der Waals surface area contributed by atoms with Crippen LogP contribution in [0.15, 0.2) is 66.7 Å². The number of H-pyrrole nitrogens is 1. The highest BCUT2D eigenvalue weighted by atomic mass is 32.1. The Balaban J connectivity index is 1.52. The van der Waals surface area contributed by atoms with Gasteiger partial charge in [-0.2, -0.15) is 0 Å². The van der Waals surface area contributed by atoms with Crippen LogP contribution >= 0.6 is 11.3 Å². The first-order chi connectivity index (χ1) is 16.6. The summed E-state index contributed by atoms with van der Waals surface area (Å²) in [5, 5.41) is 1.12. The molecule has 4 aliphatic carbocycles. The summed E-state index contributed by atoms with van der Waals surface area (Å²) in [6, 6.07) is 22.3. The fraction of sp³-hybridized carbons (Fsp3) is 0.333. The first kappa shape index (κ1) is 20.4.